The van der Waals surface area contributed by atoms with Crippen molar-refractivity contribution in [2.24, 2.45) is 0 Å². The number of aryl methyl sites for hydroxylation is 1. The van der Waals surface area contributed by atoms with Crippen molar-refractivity contribution in [1.29, 1.82) is 0 Å². The zero-order chi connectivity index (χ0) is 21.2. The number of nitrogens with one attached hydrogen (secondary N) is 1. The van der Waals surface area contributed by atoms with Gasteiger partial charge in [-0.25, -0.2) is 9.78 Å². The number of aromatic hydroxyl groups is 1. The Morgan fingerprint density at radius 1 is 1.24 bits per heavy atom. The molecule has 1 amide bonds. The van der Waals surface area contributed by atoms with Crippen molar-refractivity contribution in [3.05, 3.63) is 53.3 Å². The maximum Gasteiger partial charge on any atom is 0.339 e. The number of thiazole rings is 1. The van der Waals surface area contributed by atoms with Crippen LogP contribution in [0.3, 0.4) is 0 Å². The number of phenolic OH excluding ortho intramolecular Hbond substituents is 1. The van der Waals surface area contributed by atoms with E-state index in [-0.39, 0.29) is 21.9 Å². The largest absolute Gasteiger partial charge is 0.508 e. The molecule has 0 fully saturated rings. The summed E-state index contributed by atoms with van der Waals surface area (Å²) in [5.41, 5.74) is 0.209. The Morgan fingerprint density at radius 3 is 2.55 bits per heavy atom. The summed E-state index contributed by atoms with van der Waals surface area (Å²) < 4.78 is 30.4. The quantitative estimate of drug-likeness (QED) is 0.538. The van der Waals surface area contributed by atoms with Gasteiger partial charge >= 0.3 is 11.9 Å². The number of hydrogen-bond acceptors (Lipinski definition) is 5. The van der Waals surface area contributed by atoms with E-state index in [1.54, 1.807) is 19.1 Å². The monoisotopic (exact) mass is 421 g/mol. The molecule has 0 unspecified atom stereocenters. The second-order valence-electron chi connectivity index (χ2n) is 6.24. The zero-order valence-electron chi connectivity index (χ0n) is 15.2. The third-order valence-corrected chi connectivity index (χ3v) is 5.17. The molecule has 3 N–H and O–H groups in total. The summed E-state index contributed by atoms with van der Waals surface area (Å²) >= 11 is 1.01. The van der Waals surface area contributed by atoms with E-state index in [0.29, 0.717) is 17.1 Å². The van der Waals surface area contributed by atoms with Gasteiger partial charge in [0.15, 0.2) is 0 Å². The summed E-state index contributed by atoms with van der Waals surface area (Å²) in [5, 5.41) is 21.0. The molecule has 0 aliphatic rings. The van der Waals surface area contributed by atoms with Crippen LogP contribution in [0.4, 0.5) is 14.5 Å². The molecule has 1 aromatic carbocycles. The first kappa shape index (κ1) is 20.5. The normalized spacial score (nSPS) is 11.4. The van der Waals surface area contributed by atoms with Gasteiger partial charge in [0.2, 0.25) is 0 Å². The predicted octanol–water partition coefficient (Wildman–Crippen LogP) is 3.85. The number of carbonyl (C=O) groups excluding carboxylic acids is 1. The highest BCUT2D eigenvalue weighted by Gasteiger charge is 2.40. The lowest BCUT2D eigenvalue weighted by atomic mass is 10.2. The highest BCUT2D eigenvalue weighted by atomic mass is 32.1. The van der Waals surface area contributed by atoms with Gasteiger partial charge < -0.3 is 20.1 Å². The van der Waals surface area contributed by atoms with E-state index in [1.165, 1.54) is 35.3 Å². The van der Waals surface area contributed by atoms with Gasteiger partial charge in [-0.1, -0.05) is 0 Å². The van der Waals surface area contributed by atoms with Gasteiger partial charge in [-0.15, -0.1) is 11.3 Å². The second-order valence-corrected chi connectivity index (χ2v) is 7.35. The van der Waals surface area contributed by atoms with Gasteiger partial charge in [0.25, 0.3) is 5.91 Å². The van der Waals surface area contributed by atoms with Crippen LogP contribution in [-0.2, 0) is 17.8 Å². The summed E-state index contributed by atoms with van der Waals surface area (Å²) in [7, 11) is 0. The fourth-order valence-corrected chi connectivity index (χ4v) is 3.57. The summed E-state index contributed by atoms with van der Waals surface area (Å²) in [6, 6.07) is 6.13. The van der Waals surface area contributed by atoms with Gasteiger partial charge in [-0.2, -0.15) is 8.78 Å². The number of carbonyl (C=O) groups is 2. The summed E-state index contributed by atoms with van der Waals surface area (Å²) in [6.45, 7) is 2.18. The number of amides is 1. The van der Waals surface area contributed by atoms with E-state index >= 15 is 0 Å². The first-order valence-corrected chi connectivity index (χ1v) is 9.37. The standard InChI is InChI=1S/C19H17F2N3O4S/c1-2-24-9-14(17(26)27)15(10-24)23-18(28)19(20,21)7-13-8-22-16(29-13)11-3-5-12(25)6-4-11/h3-6,8-10,25H,2,7H2,1H3,(H,23,28)(H,26,27). The Balaban J connectivity index is 1.74. The molecule has 0 aliphatic heterocycles. The Bertz CT molecular complexity index is 1040. The van der Waals surface area contributed by atoms with Gasteiger partial charge in [0, 0.05) is 35.6 Å². The Labute approximate surface area is 168 Å². The van der Waals surface area contributed by atoms with Gasteiger partial charge in [0.05, 0.1) is 12.1 Å². The minimum absolute atomic E-state index is 0.0753. The van der Waals surface area contributed by atoms with Crippen LogP contribution in [0.15, 0.2) is 42.9 Å². The van der Waals surface area contributed by atoms with Crippen molar-refractivity contribution in [3.8, 4) is 16.3 Å². The number of carboxylic acids is 1. The van der Waals surface area contributed by atoms with Crippen molar-refractivity contribution in [1.82, 2.24) is 9.55 Å². The molecule has 2 heterocycles. The molecule has 152 valence electrons. The average molecular weight is 421 g/mol. The number of halogens is 2. The number of rotatable bonds is 7. The summed E-state index contributed by atoms with van der Waals surface area (Å²) in [5.74, 6) is -6.60. The summed E-state index contributed by atoms with van der Waals surface area (Å²) in [4.78, 5) is 27.7. The highest BCUT2D eigenvalue weighted by molar-refractivity contribution is 7.15. The van der Waals surface area contributed by atoms with E-state index in [1.807, 2.05) is 5.32 Å². The highest BCUT2D eigenvalue weighted by Crippen LogP contribution is 2.31. The smallest absolute Gasteiger partial charge is 0.339 e. The van der Waals surface area contributed by atoms with Crippen LogP contribution in [0.25, 0.3) is 10.6 Å². The lowest BCUT2D eigenvalue weighted by Crippen LogP contribution is -2.36. The first-order chi connectivity index (χ1) is 13.7. The molecule has 0 aliphatic carbocycles. The fourth-order valence-electron chi connectivity index (χ4n) is 2.60. The average Bonchev–Trinajstić information content (AvgIpc) is 3.29. The second kappa shape index (κ2) is 8.00. The van der Waals surface area contributed by atoms with Crippen molar-refractivity contribution in [2.75, 3.05) is 5.32 Å². The first-order valence-electron chi connectivity index (χ1n) is 8.56. The molecule has 29 heavy (non-hydrogen) atoms. The van der Waals surface area contributed by atoms with Gasteiger partial charge in [-0.3, -0.25) is 4.79 Å². The van der Waals surface area contributed by atoms with Crippen LogP contribution in [0.1, 0.15) is 22.2 Å². The third kappa shape index (κ3) is 4.60. The van der Waals surface area contributed by atoms with E-state index in [4.69, 9.17) is 0 Å². The lowest BCUT2D eigenvalue weighted by Gasteiger charge is -2.14. The number of hydrogen-bond donors (Lipinski definition) is 3. The van der Waals surface area contributed by atoms with E-state index in [0.717, 1.165) is 11.3 Å². The van der Waals surface area contributed by atoms with Crippen LogP contribution < -0.4 is 5.32 Å². The molecule has 0 bridgehead atoms. The van der Waals surface area contributed by atoms with Gasteiger partial charge in [0.1, 0.15) is 16.3 Å². The van der Waals surface area contributed by atoms with E-state index in [9.17, 15) is 28.6 Å². The molecule has 0 radical (unpaired) electrons. The number of alkyl halides is 2. The van der Waals surface area contributed by atoms with Crippen LogP contribution in [0, 0.1) is 0 Å². The molecule has 10 heteroatoms. The number of anilines is 1. The minimum atomic E-state index is -3.76. The molecule has 0 atom stereocenters. The number of benzene rings is 1. The topological polar surface area (TPSA) is 104 Å². The minimum Gasteiger partial charge on any atom is -0.508 e. The Hall–Kier alpha value is -3.27. The maximum absolute atomic E-state index is 14.5. The third-order valence-electron chi connectivity index (χ3n) is 4.12. The molecule has 0 saturated carbocycles. The molecule has 0 saturated heterocycles. The Morgan fingerprint density at radius 2 is 1.93 bits per heavy atom. The molecular weight excluding hydrogens is 404 g/mol. The van der Waals surface area contributed by atoms with Crippen LogP contribution in [0.2, 0.25) is 0 Å². The molecular formula is C19H17F2N3O4S. The molecule has 0 spiro atoms. The summed E-state index contributed by atoms with van der Waals surface area (Å²) in [6.07, 6.45) is 2.96. The van der Waals surface area contributed by atoms with Crippen LogP contribution >= 0.6 is 11.3 Å². The maximum atomic E-state index is 14.5. The fraction of sp³-hybridized carbons (Fsp3) is 0.211. The van der Waals surface area contributed by atoms with Crippen molar-refractivity contribution >= 4 is 28.9 Å². The predicted molar refractivity (Wildman–Crippen MR) is 104 cm³/mol. The van der Waals surface area contributed by atoms with Gasteiger partial charge in [-0.05, 0) is 31.2 Å². The van der Waals surface area contributed by atoms with Crippen molar-refractivity contribution in [2.45, 2.75) is 25.8 Å². The van der Waals surface area contributed by atoms with Crippen LogP contribution in [-0.4, -0.2) is 37.6 Å². The molecule has 7 nitrogen and oxygen atoms in total. The zero-order valence-corrected chi connectivity index (χ0v) is 16.0. The molecule has 3 rings (SSSR count). The lowest BCUT2D eigenvalue weighted by molar-refractivity contribution is -0.139. The number of aromatic carboxylic acids is 1. The van der Waals surface area contributed by atoms with Crippen LogP contribution in [0.5, 0.6) is 5.75 Å². The Kier molecular flexibility index (Phi) is 5.64. The van der Waals surface area contributed by atoms with E-state index in [2.05, 4.69) is 4.98 Å². The van der Waals surface area contributed by atoms with Crippen molar-refractivity contribution < 1.29 is 28.6 Å². The number of nitrogens with zero attached hydrogens (tertiary/aromatic N) is 2. The van der Waals surface area contributed by atoms with Crippen molar-refractivity contribution in [3.63, 3.8) is 0 Å². The number of phenols is 1. The SMILES string of the molecule is CCn1cc(NC(=O)C(F)(F)Cc2cnc(-c3ccc(O)cc3)s2)c(C(=O)O)c1. The molecule has 3 aromatic rings. The van der Waals surface area contributed by atoms with E-state index < -0.39 is 24.2 Å². The number of carboxylic acid groups (broad SMARTS) is 1. The number of aromatic nitrogens is 2. The molecule has 2 aromatic heterocycles.